The van der Waals surface area contributed by atoms with Crippen molar-refractivity contribution >= 4 is 17.9 Å². The number of hydrogen-bond donors (Lipinski definition) is 0. The lowest BCUT2D eigenvalue weighted by atomic mass is 9.97. The van der Waals surface area contributed by atoms with E-state index in [4.69, 9.17) is 9.47 Å². The Morgan fingerprint density at radius 1 is 1.00 bits per heavy atom. The molecule has 0 amide bonds. The monoisotopic (exact) mass is 324 g/mol. The topological polar surface area (TPSA) is 78.9 Å². The molecule has 0 radical (unpaired) electrons. The molecule has 0 rings (SSSR count). The number of hydrogen-bond acceptors (Lipinski definition) is 6. The lowest BCUT2D eigenvalue weighted by Gasteiger charge is -2.16. The van der Waals surface area contributed by atoms with E-state index in [0.717, 1.165) is 12.2 Å². The first-order valence-electron chi connectivity index (χ1n) is 7.18. The molecule has 0 N–H and O–H groups in total. The number of allylic oxidation sites excluding steroid dienone is 2. The van der Waals surface area contributed by atoms with Gasteiger partial charge in [-0.05, 0) is 46.3 Å². The summed E-state index contributed by atoms with van der Waals surface area (Å²) in [5.41, 5.74) is -0.580. The molecule has 23 heavy (non-hydrogen) atoms. The molecule has 0 bridgehead atoms. The van der Waals surface area contributed by atoms with Gasteiger partial charge < -0.3 is 14.2 Å². The first-order chi connectivity index (χ1) is 10.7. The van der Waals surface area contributed by atoms with Crippen LogP contribution < -0.4 is 0 Å². The summed E-state index contributed by atoms with van der Waals surface area (Å²) in [6.45, 7) is 7.22. The first kappa shape index (κ1) is 20.6. The maximum Gasteiger partial charge on any atom is 0.331 e. The van der Waals surface area contributed by atoms with E-state index < -0.39 is 17.4 Å². The van der Waals surface area contributed by atoms with Gasteiger partial charge in [0.1, 0.15) is 5.76 Å². The number of ether oxygens (including phenoxy) is 3. The van der Waals surface area contributed by atoms with Crippen molar-refractivity contribution in [2.75, 3.05) is 13.7 Å². The third kappa shape index (κ3) is 10.1. The molecule has 0 aliphatic rings. The van der Waals surface area contributed by atoms with Crippen LogP contribution in [0.15, 0.2) is 36.1 Å². The van der Waals surface area contributed by atoms with Gasteiger partial charge in [-0.1, -0.05) is 6.08 Å². The van der Waals surface area contributed by atoms with Gasteiger partial charge in [0.2, 0.25) is 0 Å². The van der Waals surface area contributed by atoms with Crippen molar-refractivity contribution in [1.82, 2.24) is 0 Å². The third-order valence-electron chi connectivity index (χ3n) is 2.48. The summed E-state index contributed by atoms with van der Waals surface area (Å²) < 4.78 is 14.5. The van der Waals surface area contributed by atoms with Crippen LogP contribution in [-0.4, -0.2) is 31.6 Å². The van der Waals surface area contributed by atoms with Gasteiger partial charge in [0, 0.05) is 12.2 Å². The molecule has 6 heteroatoms. The van der Waals surface area contributed by atoms with Gasteiger partial charge in [-0.15, -0.1) is 0 Å². The van der Waals surface area contributed by atoms with Gasteiger partial charge in [0.25, 0.3) is 0 Å². The first-order valence-corrected chi connectivity index (χ1v) is 7.18. The number of rotatable bonds is 7. The number of esters is 3. The van der Waals surface area contributed by atoms with Crippen LogP contribution in [0.1, 0.15) is 34.1 Å². The van der Waals surface area contributed by atoms with E-state index in [1.165, 1.54) is 7.11 Å². The average molecular weight is 324 g/mol. The second-order valence-corrected chi connectivity index (χ2v) is 5.55. The van der Waals surface area contributed by atoms with E-state index >= 15 is 0 Å². The summed E-state index contributed by atoms with van der Waals surface area (Å²) in [5, 5.41) is 0. The maximum absolute atomic E-state index is 11.8. The van der Waals surface area contributed by atoms with Crippen LogP contribution in [0.2, 0.25) is 0 Å². The Morgan fingerprint density at radius 3 is 2.13 bits per heavy atom. The zero-order valence-corrected chi connectivity index (χ0v) is 14.3. The normalized spacial score (nSPS) is 12.5. The molecule has 6 nitrogen and oxygen atoms in total. The van der Waals surface area contributed by atoms with Gasteiger partial charge in [-0.25, -0.2) is 9.59 Å². The molecule has 0 unspecified atom stereocenters. The minimum Gasteiger partial charge on any atom is -0.466 e. The minimum atomic E-state index is -0.630. The summed E-state index contributed by atoms with van der Waals surface area (Å²) in [6.07, 6.45) is 7.47. The van der Waals surface area contributed by atoms with Gasteiger partial charge >= 0.3 is 17.9 Å². The molecular weight excluding hydrogens is 300 g/mol. The summed E-state index contributed by atoms with van der Waals surface area (Å²) in [5.74, 6) is -1.15. The van der Waals surface area contributed by atoms with Crippen LogP contribution >= 0.6 is 0 Å². The Labute approximate surface area is 136 Å². The standard InChI is InChI=1S/C17H24O6/c1-6-13(23-16(20)17(2,3)4)9-7-8-12-22-15(19)11-10-14(18)21-5/h6-7,9-11H,8,12H2,1-5H3/b9-7+,11-10+,13-6+. The van der Waals surface area contributed by atoms with Crippen LogP contribution in [0.5, 0.6) is 0 Å². The van der Waals surface area contributed by atoms with Gasteiger partial charge in [-0.3, -0.25) is 4.79 Å². The summed E-state index contributed by atoms with van der Waals surface area (Å²) in [6, 6.07) is 0. The van der Waals surface area contributed by atoms with Crippen molar-refractivity contribution in [3.63, 3.8) is 0 Å². The second-order valence-electron chi connectivity index (χ2n) is 5.55. The van der Waals surface area contributed by atoms with Crippen molar-refractivity contribution in [2.24, 2.45) is 5.41 Å². The molecule has 0 fully saturated rings. The molecular formula is C17H24O6. The van der Waals surface area contributed by atoms with Crippen LogP contribution in [0, 0.1) is 5.41 Å². The Balaban J connectivity index is 4.18. The molecule has 0 aromatic carbocycles. The maximum atomic E-state index is 11.8. The molecule has 0 aliphatic heterocycles. The largest absolute Gasteiger partial charge is 0.466 e. The van der Waals surface area contributed by atoms with Gasteiger partial charge in [-0.2, -0.15) is 0 Å². The van der Waals surface area contributed by atoms with Gasteiger partial charge in [0.05, 0.1) is 19.1 Å². The molecule has 0 spiro atoms. The highest BCUT2D eigenvalue weighted by Gasteiger charge is 2.23. The molecule has 0 saturated carbocycles. The summed E-state index contributed by atoms with van der Waals surface area (Å²) in [4.78, 5) is 33.8. The Bertz CT molecular complexity index is 506. The number of carbonyl (C=O) groups is 3. The summed E-state index contributed by atoms with van der Waals surface area (Å²) in [7, 11) is 1.22. The SMILES string of the molecule is C/C=C(\C=C\CCOC(=O)/C=C/C(=O)OC)OC(=O)C(C)(C)C. The van der Waals surface area contributed by atoms with Crippen LogP contribution in [0.3, 0.4) is 0 Å². The molecule has 0 atom stereocenters. The van der Waals surface area contributed by atoms with Crippen LogP contribution in [0.4, 0.5) is 0 Å². The second kappa shape index (κ2) is 10.4. The average Bonchev–Trinajstić information content (AvgIpc) is 2.49. The Hall–Kier alpha value is -2.37. The molecule has 0 heterocycles. The predicted octanol–water partition coefficient (Wildman–Crippen LogP) is 2.70. The van der Waals surface area contributed by atoms with E-state index in [-0.39, 0.29) is 12.6 Å². The van der Waals surface area contributed by atoms with Crippen molar-refractivity contribution in [2.45, 2.75) is 34.1 Å². The lowest BCUT2D eigenvalue weighted by Crippen LogP contribution is -2.22. The Kier molecular flexibility index (Phi) is 9.30. The number of carbonyl (C=O) groups excluding carboxylic acids is 3. The molecule has 0 saturated heterocycles. The predicted molar refractivity (Wildman–Crippen MR) is 85.2 cm³/mol. The molecule has 0 aromatic heterocycles. The quantitative estimate of drug-likeness (QED) is 0.179. The van der Waals surface area contributed by atoms with E-state index in [1.54, 1.807) is 45.9 Å². The molecule has 0 aliphatic carbocycles. The van der Waals surface area contributed by atoms with Crippen molar-refractivity contribution in [1.29, 1.82) is 0 Å². The van der Waals surface area contributed by atoms with Gasteiger partial charge in [0.15, 0.2) is 0 Å². The Morgan fingerprint density at radius 2 is 1.61 bits per heavy atom. The minimum absolute atomic E-state index is 0.144. The van der Waals surface area contributed by atoms with E-state index in [2.05, 4.69) is 4.74 Å². The summed E-state index contributed by atoms with van der Waals surface area (Å²) >= 11 is 0. The zero-order chi connectivity index (χ0) is 17.9. The highest BCUT2D eigenvalue weighted by atomic mass is 16.5. The fraction of sp³-hybridized carbons (Fsp3) is 0.471. The van der Waals surface area contributed by atoms with Crippen molar-refractivity contribution in [3.05, 3.63) is 36.1 Å². The van der Waals surface area contributed by atoms with E-state index in [9.17, 15) is 14.4 Å². The molecule has 0 aromatic rings. The van der Waals surface area contributed by atoms with Crippen LogP contribution in [-0.2, 0) is 28.6 Å². The highest BCUT2D eigenvalue weighted by Crippen LogP contribution is 2.17. The number of methoxy groups -OCH3 is 1. The van der Waals surface area contributed by atoms with E-state index in [0.29, 0.717) is 12.2 Å². The highest BCUT2D eigenvalue weighted by molar-refractivity contribution is 5.91. The fourth-order valence-electron chi connectivity index (χ4n) is 1.13. The van der Waals surface area contributed by atoms with Crippen molar-refractivity contribution < 1.29 is 28.6 Å². The lowest BCUT2D eigenvalue weighted by molar-refractivity contribution is -0.148. The zero-order valence-electron chi connectivity index (χ0n) is 14.3. The fourth-order valence-corrected chi connectivity index (χ4v) is 1.13. The third-order valence-corrected chi connectivity index (χ3v) is 2.48. The van der Waals surface area contributed by atoms with Crippen LogP contribution in [0.25, 0.3) is 0 Å². The molecule has 128 valence electrons. The van der Waals surface area contributed by atoms with E-state index in [1.807, 2.05) is 0 Å². The van der Waals surface area contributed by atoms with Crippen molar-refractivity contribution in [3.8, 4) is 0 Å². The smallest absolute Gasteiger partial charge is 0.331 e.